The molecule has 0 saturated heterocycles. The average molecular weight is 411 g/mol. The summed E-state index contributed by atoms with van der Waals surface area (Å²) in [4.78, 5) is 21.8. The van der Waals surface area contributed by atoms with Crippen LogP contribution in [0.5, 0.6) is 0 Å². The molecule has 0 amide bonds. The van der Waals surface area contributed by atoms with E-state index >= 15 is 0 Å². The molecular formula is C22H17N7O2. The first-order valence-corrected chi connectivity index (χ1v) is 9.66. The Bertz CT molecular complexity index is 1610. The lowest BCUT2D eigenvalue weighted by Gasteiger charge is -2.09. The maximum absolute atomic E-state index is 12.8. The van der Waals surface area contributed by atoms with Gasteiger partial charge in [0, 0.05) is 7.05 Å². The fourth-order valence-electron chi connectivity index (χ4n) is 3.92. The second kappa shape index (κ2) is 6.81. The monoisotopic (exact) mass is 411 g/mol. The van der Waals surface area contributed by atoms with Gasteiger partial charge in [0.2, 0.25) is 0 Å². The number of nitriles is 1. The van der Waals surface area contributed by atoms with Crippen molar-refractivity contribution in [2.45, 2.75) is 6.92 Å². The minimum Gasteiger partial charge on any atom is -0.449 e. The average Bonchev–Trinajstić information content (AvgIpc) is 3.31. The molecule has 0 aliphatic heterocycles. The molecule has 3 heterocycles. The molecule has 0 unspecified atom stereocenters. The maximum atomic E-state index is 12.8. The summed E-state index contributed by atoms with van der Waals surface area (Å²) in [5, 5.41) is 18.8. The Morgan fingerprint density at radius 1 is 1.10 bits per heavy atom. The predicted octanol–water partition coefficient (Wildman–Crippen LogP) is 3.20. The summed E-state index contributed by atoms with van der Waals surface area (Å²) < 4.78 is 10.0. The van der Waals surface area contributed by atoms with E-state index in [4.69, 9.17) is 10.1 Å². The van der Waals surface area contributed by atoms with Gasteiger partial charge in [0.15, 0.2) is 28.3 Å². The highest BCUT2D eigenvalue weighted by Crippen LogP contribution is 2.25. The topological polar surface area (TPSA) is 114 Å². The molecule has 0 atom stereocenters. The Hall–Kier alpha value is -4.45. The van der Waals surface area contributed by atoms with Crippen molar-refractivity contribution in [3.8, 4) is 17.6 Å². The van der Waals surface area contributed by atoms with Crippen LogP contribution in [0.4, 0.5) is 4.79 Å². The number of ether oxygens (including phenoxy) is 1. The van der Waals surface area contributed by atoms with E-state index in [2.05, 4.69) is 16.0 Å². The zero-order valence-corrected chi connectivity index (χ0v) is 16.8. The lowest BCUT2D eigenvalue weighted by Crippen LogP contribution is -2.23. The Morgan fingerprint density at radius 2 is 1.77 bits per heavy atom. The Balaban J connectivity index is 1.95. The van der Waals surface area contributed by atoms with E-state index in [1.54, 1.807) is 29.5 Å². The Labute approximate surface area is 175 Å². The molecule has 5 aromatic rings. The lowest BCUT2D eigenvalue weighted by atomic mass is 10.3. The van der Waals surface area contributed by atoms with E-state index in [-0.39, 0.29) is 29.3 Å². The normalized spacial score (nSPS) is 11.3. The van der Waals surface area contributed by atoms with Crippen LogP contribution < -0.4 is 5.49 Å². The summed E-state index contributed by atoms with van der Waals surface area (Å²) in [5.74, 6) is 0.156. The molecule has 2 aromatic carbocycles. The molecule has 5 rings (SSSR count). The van der Waals surface area contributed by atoms with Gasteiger partial charge >= 0.3 is 6.09 Å². The highest BCUT2D eigenvalue weighted by Gasteiger charge is 2.24. The van der Waals surface area contributed by atoms with Crippen molar-refractivity contribution in [1.82, 2.24) is 23.5 Å². The van der Waals surface area contributed by atoms with Crippen LogP contribution >= 0.6 is 0 Å². The molecule has 0 aliphatic rings. The minimum atomic E-state index is -0.617. The fourth-order valence-corrected chi connectivity index (χ4v) is 3.92. The first-order chi connectivity index (χ1) is 15.1. The minimum absolute atomic E-state index is 0.0201. The third kappa shape index (κ3) is 2.55. The van der Waals surface area contributed by atoms with Gasteiger partial charge in [-0.25, -0.2) is 19.3 Å². The van der Waals surface area contributed by atoms with Crippen LogP contribution in [0.2, 0.25) is 0 Å². The van der Waals surface area contributed by atoms with Crippen molar-refractivity contribution in [3.05, 3.63) is 59.7 Å². The number of benzene rings is 2. The quantitative estimate of drug-likeness (QED) is 0.479. The molecule has 152 valence electrons. The van der Waals surface area contributed by atoms with Gasteiger partial charge in [0.05, 0.1) is 28.7 Å². The zero-order chi connectivity index (χ0) is 21.7. The second-order valence-corrected chi connectivity index (χ2v) is 6.93. The standard InChI is InChI=1S/C22H17N7O2/c1-3-31-22(30)29-15-9-5-4-8-13(15)26-20(29)18-19(24)28-17-11-7-6-10-16(17)27(2)21(28)14(12-23)25-18/h4-11,24H,3H2,1-2H3. The maximum Gasteiger partial charge on any atom is 0.420 e. The largest absolute Gasteiger partial charge is 0.449 e. The molecule has 31 heavy (non-hydrogen) atoms. The zero-order valence-electron chi connectivity index (χ0n) is 16.8. The van der Waals surface area contributed by atoms with Gasteiger partial charge in [-0.15, -0.1) is 0 Å². The number of hydrogen-bond acceptors (Lipinski definition) is 6. The molecule has 9 heteroatoms. The lowest BCUT2D eigenvalue weighted by molar-refractivity contribution is 0.155. The van der Waals surface area contributed by atoms with Gasteiger partial charge in [-0.05, 0) is 31.2 Å². The molecule has 0 saturated carbocycles. The summed E-state index contributed by atoms with van der Waals surface area (Å²) in [6.45, 7) is 1.91. The van der Waals surface area contributed by atoms with Crippen molar-refractivity contribution in [1.29, 1.82) is 10.7 Å². The Morgan fingerprint density at radius 3 is 2.48 bits per heavy atom. The van der Waals surface area contributed by atoms with Crippen LogP contribution in [-0.2, 0) is 11.8 Å². The number of aromatic nitrogens is 5. The van der Waals surface area contributed by atoms with Crippen molar-refractivity contribution >= 4 is 33.8 Å². The van der Waals surface area contributed by atoms with Crippen LogP contribution in [0, 0.1) is 16.7 Å². The highest BCUT2D eigenvalue weighted by atomic mass is 16.5. The molecule has 0 bridgehead atoms. The van der Waals surface area contributed by atoms with Crippen molar-refractivity contribution < 1.29 is 9.53 Å². The number of nitrogens with one attached hydrogen (secondary N) is 1. The van der Waals surface area contributed by atoms with Crippen molar-refractivity contribution in [2.75, 3.05) is 6.61 Å². The first kappa shape index (κ1) is 18.6. The second-order valence-electron chi connectivity index (χ2n) is 6.93. The number of nitrogens with zero attached hydrogens (tertiary/aromatic N) is 6. The Kier molecular flexibility index (Phi) is 4.08. The van der Waals surface area contributed by atoms with Gasteiger partial charge in [0.25, 0.3) is 0 Å². The highest BCUT2D eigenvalue weighted by molar-refractivity contribution is 5.92. The van der Waals surface area contributed by atoms with Crippen LogP contribution in [0.25, 0.3) is 39.2 Å². The molecule has 3 aromatic heterocycles. The van der Waals surface area contributed by atoms with Crippen LogP contribution in [0.3, 0.4) is 0 Å². The number of fused-ring (bicyclic) bond motifs is 4. The van der Waals surface area contributed by atoms with E-state index in [0.29, 0.717) is 16.7 Å². The summed E-state index contributed by atoms with van der Waals surface area (Å²) in [6.07, 6.45) is -0.617. The smallest absolute Gasteiger partial charge is 0.420 e. The summed E-state index contributed by atoms with van der Waals surface area (Å²) in [6, 6.07) is 16.8. The number of carbonyl (C=O) groups excluding carboxylic acids is 1. The number of imidazole rings is 2. The van der Waals surface area contributed by atoms with Crippen LogP contribution in [0.15, 0.2) is 48.5 Å². The van der Waals surface area contributed by atoms with Crippen LogP contribution in [-0.4, -0.2) is 36.2 Å². The fraction of sp³-hybridized carbons (Fsp3) is 0.136. The third-order valence-corrected chi connectivity index (χ3v) is 5.23. The number of aryl methyl sites for hydroxylation is 1. The van der Waals surface area contributed by atoms with Crippen LogP contribution in [0.1, 0.15) is 12.6 Å². The van der Waals surface area contributed by atoms with Gasteiger partial charge in [-0.1, -0.05) is 24.3 Å². The van der Waals surface area contributed by atoms with Gasteiger partial charge < -0.3 is 9.30 Å². The summed E-state index contributed by atoms with van der Waals surface area (Å²) in [7, 11) is 1.83. The molecule has 9 nitrogen and oxygen atoms in total. The molecular weight excluding hydrogens is 394 g/mol. The van der Waals surface area contributed by atoms with Gasteiger partial charge in [-0.3, -0.25) is 9.81 Å². The summed E-state index contributed by atoms with van der Waals surface area (Å²) in [5.41, 5.74) is 3.48. The molecule has 0 fully saturated rings. The van der Waals surface area contributed by atoms with E-state index in [1.807, 2.05) is 41.9 Å². The molecule has 0 aliphatic carbocycles. The summed E-state index contributed by atoms with van der Waals surface area (Å²) >= 11 is 0. The van der Waals surface area contributed by atoms with E-state index in [0.717, 1.165) is 11.0 Å². The van der Waals surface area contributed by atoms with E-state index in [9.17, 15) is 10.1 Å². The van der Waals surface area contributed by atoms with Gasteiger partial charge in [0.1, 0.15) is 6.07 Å². The molecule has 1 N–H and O–H groups in total. The number of rotatable bonds is 2. The van der Waals surface area contributed by atoms with Gasteiger partial charge in [-0.2, -0.15) is 5.26 Å². The first-order valence-electron chi connectivity index (χ1n) is 9.66. The molecule has 0 radical (unpaired) electrons. The predicted molar refractivity (Wildman–Crippen MR) is 113 cm³/mol. The van der Waals surface area contributed by atoms with Crippen molar-refractivity contribution in [3.63, 3.8) is 0 Å². The third-order valence-electron chi connectivity index (χ3n) is 5.23. The number of carbonyl (C=O) groups is 1. The molecule has 0 spiro atoms. The van der Waals surface area contributed by atoms with E-state index in [1.165, 1.54) is 4.57 Å². The van der Waals surface area contributed by atoms with Crippen molar-refractivity contribution in [2.24, 2.45) is 7.05 Å². The number of hydrogen-bond donors (Lipinski definition) is 1. The van der Waals surface area contributed by atoms with E-state index < -0.39 is 6.09 Å². The number of para-hydroxylation sites is 4. The SMILES string of the molecule is CCOC(=O)n1c(-c2nc(C#N)c3n(C)c4ccccc4n3c2=N)nc2ccccc21.